The van der Waals surface area contributed by atoms with Crippen LogP contribution in [0.25, 0.3) is 0 Å². The molecule has 3 N–H and O–H groups in total. The normalized spacial score (nSPS) is 21.5. The number of carbonyl (C=O) groups excluding carboxylic acids is 4. The molecule has 2 aliphatic rings. The number of hydrogen-bond donors (Lipinski definition) is 3. The Labute approximate surface area is 587 Å². The number of aliphatic hydroxyl groups is 1. The fraction of sp³-hybridized carbons (Fsp3) is 0.842. The highest BCUT2D eigenvalue weighted by atomic mass is 31.2. The van der Waals surface area contributed by atoms with E-state index in [4.69, 9.17) is 56.2 Å². The standard InChI is InChI=1S/C76H137N2O18P/c1-10-17-21-25-28-31-32-33-34-35-36-38-40-44-48-52-66(80)77-69-73(88-58-53-63(86-9)51-47-42-24-20-13-4)71(96-97(84,91-55-15-6)92-56-16-7)64(60-85-8)94-75(69)90-61-65-70(95-76(83)89-54-14-5)72(87-57-49-45-41-30-27-23-19-12-3)68(74(82)93-65)78-67(81)59-62(79)50-46-43-39-37-29-26-22-18-11-2/h14-16,31-32,63-65,68-75,82H,5-7,10-13,17-30,33-61H2,1-4,8-9H3,(H,77,80)(H,78,81)/b32-31-/t63-,64-,65-,68-,69-,70-,71-,72-,73-,74+,75-/m1/s1. The molecule has 0 aromatic heterocycles. The van der Waals surface area contributed by atoms with Crippen LogP contribution in [0.2, 0.25) is 0 Å². The van der Waals surface area contributed by atoms with Crippen LogP contribution in [-0.2, 0) is 75.2 Å². The van der Waals surface area contributed by atoms with Crippen LogP contribution in [0, 0.1) is 0 Å². The lowest BCUT2D eigenvalue weighted by atomic mass is 9.95. The molecule has 2 saturated heterocycles. The Morgan fingerprint density at radius 3 is 1.53 bits per heavy atom. The SMILES string of the molecule is C=CCOC(=O)O[C@H]1[C@H](OCCCCCCCCCC)[C@@H](NC(=O)CC(=O)CCCCCCCCCCC)[C@@H](O)O[C@@H]1CO[C@@H]1O[C@H](COC)[C@@H](OP(=O)(OCC=C)OCC=C)[C@H](OCC[C@@H](CCCCCCC)OC)[C@H]1NC(=O)CCCCCCCCC/C=C\CCCCCC. The number of allylic oxidation sites excluding steroid dienone is 2. The summed E-state index contributed by atoms with van der Waals surface area (Å²) in [7, 11) is -1.36. The van der Waals surface area contributed by atoms with E-state index >= 15 is 0 Å². The Hall–Kier alpha value is -3.37. The van der Waals surface area contributed by atoms with Gasteiger partial charge in [-0.25, -0.2) is 9.36 Å². The number of phosphoric acid groups is 1. The number of hydrogen-bond acceptors (Lipinski definition) is 18. The van der Waals surface area contributed by atoms with Gasteiger partial charge in [0, 0.05) is 40.3 Å². The van der Waals surface area contributed by atoms with Crippen LogP contribution in [0.1, 0.15) is 285 Å². The van der Waals surface area contributed by atoms with Crippen LogP contribution in [0.15, 0.2) is 50.1 Å². The third-order valence-corrected chi connectivity index (χ3v) is 19.3. The van der Waals surface area contributed by atoms with Crippen molar-refractivity contribution in [2.24, 2.45) is 0 Å². The van der Waals surface area contributed by atoms with Gasteiger partial charge in [0.15, 0.2) is 18.7 Å². The molecule has 2 fully saturated rings. The van der Waals surface area contributed by atoms with Crippen molar-refractivity contribution in [3.63, 3.8) is 0 Å². The number of unbranched alkanes of at least 4 members (excludes halogenated alkanes) is 30. The zero-order valence-corrected chi connectivity index (χ0v) is 62.3. The zero-order chi connectivity index (χ0) is 70.8. The van der Waals surface area contributed by atoms with Gasteiger partial charge in [-0.05, 0) is 57.8 Å². The van der Waals surface area contributed by atoms with Gasteiger partial charge in [-0.3, -0.25) is 28.0 Å². The highest BCUT2D eigenvalue weighted by Crippen LogP contribution is 2.52. The molecular formula is C76H137N2O18P. The van der Waals surface area contributed by atoms with E-state index in [1.54, 1.807) is 7.11 Å². The van der Waals surface area contributed by atoms with Crippen molar-refractivity contribution in [2.75, 3.05) is 60.5 Å². The van der Waals surface area contributed by atoms with Gasteiger partial charge in [-0.1, -0.05) is 244 Å². The lowest BCUT2D eigenvalue weighted by Crippen LogP contribution is -2.68. The molecule has 0 aromatic rings. The lowest BCUT2D eigenvalue weighted by molar-refractivity contribution is -0.303. The Bertz CT molecular complexity index is 2070. The summed E-state index contributed by atoms with van der Waals surface area (Å²) in [5, 5.41) is 18.0. The maximum Gasteiger partial charge on any atom is 0.509 e. The number of carbonyl (C=O) groups is 4. The molecule has 0 unspecified atom stereocenters. The molecule has 564 valence electrons. The van der Waals surface area contributed by atoms with Gasteiger partial charge in [0.05, 0.1) is 39.0 Å². The molecule has 0 saturated carbocycles. The molecule has 2 aliphatic heterocycles. The molecule has 0 radical (unpaired) electrons. The number of aliphatic hydroxyl groups excluding tert-OH is 1. The fourth-order valence-electron chi connectivity index (χ4n) is 12.3. The number of Topliss-reactive ketones (excluding diaryl/α,β-unsaturated/α-hetero) is 1. The number of ether oxygens (including phenoxy) is 9. The van der Waals surface area contributed by atoms with Gasteiger partial charge >= 0.3 is 14.0 Å². The van der Waals surface area contributed by atoms with Gasteiger partial charge < -0.3 is 58.4 Å². The highest BCUT2D eigenvalue weighted by molar-refractivity contribution is 7.48. The van der Waals surface area contributed by atoms with Crippen molar-refractivity contribution in [1.29, 1.82) is 0 Å². The predicted octanol–water partition coefficient (Wildman–Crippen LogP) is 17.3. The van der Waals surface area contributed by atoms with Crippen molar-refractivity contribution in [3.8, 4) is 0 Å². The number of amides is 2. The Morgan fingerprint density at radius 1 is 0.505 bits per heavy atom. The summed E-state index contributed by atoms with van der Waals surface area (Å²) in [5.74, 6) is -1.24. The van der Waals surface area contributed by atoms with Gasteiger partial charge in [-0.15, -0.1) is 13.2 Å². The third kappa shape index (κ3) is 42.6. The average Bonchev–Trinajstić information content (AvgIpc) is 0.787. The predicted molar refractivity (Wildman–Crippen MR) is 384 cm³/mol. The largest absolute Gasteiger partial charge is 0.509 e. The maximum absolute atomic E-state index is 14.7. The summed E-state index contributed by atoms with van der Waals surface area (Å²) in [6.45, 7) is 18.9. The smallest absolute Gasteiger partial charge is 0.430 e. The Kier molecular flexibility index (Phi) is 55.7. The van der Waals surface area contributed by atoms with Crippen LogP contribution in [0.3, 0.4) is 0 Å². The molecule has 2 rings (SSSR count). The molecular weight excluding hydrogens is 1260 g/mol. The highest BCUT2D eigenvalue weighted by Gasteiger charge is 2.54. The Balaban J connectivity index is 2.65. The number of rotatable bonds is 66. The second-order valence-electron chi connectivity index (χ2n) is 26.3. The number of methoxy groups -OCH3 is 2. The average molecular weight is 1400 g/mol. The fourth-order valence-corrected chi connectivity index (χ4v) is 13.6. The summed E-state index contributed by atoms with van der Waals surface area (Å²) >= 11 is 0. The minimum Gasteiger partial charge on any atom is -0.430 e. The topological polar surface area (TPSA) is 240 Å². The van der Waals surface area contributed by atoms with E-state index in [9.17, 15) is 28.8 Å². The van der Waals surface area contributed by atoms with Gasteiger partial charge in [0.2, 0.25) is 11.8 Å². The van der Waals surface area contributed by atoms with Crippen molar-refractivity contribution in [2.45, 2.75) is 352 Å². The van der Waals surface area contributed by atoms with Crippen molar-refractivity contribution < 1.29 is 85.1 Å². The van der Waals surface area contributed by atoms with E-state index in [2.05, 4.69) is 70.2 Å². The molecule has 2 amide bonds. The molecule has 0 bridgehead atoms. The summed E-state index contributed by atoms with van der Waals surface area (Å²) in [4.78, 5) is 55.4. The minimum atomic E-state index is -4.48. The van der Waals surface area contributed by atoms with Gasteiger partial charge in [0.1, 0.15) is 55.0 Å². The molecule has 20 nitrogen and oxygen atoms in total. The van der Waals surface area contributed by atoms with E-state index in [1.807, 2.05) is 0 Å². The van der Waals surface area contributed by atoms with E-state index in [0.29, 0.717) is 25.7 Å². The summed E-state index contributed by atoms with van der Waals surface area (Å²) < 4.78 is 89.1. The van der Waals surface area contributed by atoms with Crippen LogP contribution >= 0.6 is 7.82 Å². The minimum absolute atomic E-state index is 0.0912. The maximum atomic E-state index is 14.7. The second-order valence-corrected chi connectivity index (χ2v) is 27.9. The molecule has 11 atom stereocenters. The number of nitrogens with one attached hydrogen (secondary N) is 2. The summed E-state index contributed by atoms with van der Waals surface area (Å²) in [6, 6.07) is -2.54. The molecule has 0 aromatic carbocycles. The first kappa shape index (κ1) is 89.7. The first-order chi connectivity index (χ1) is 47.3. The second kappa shape index (κ2) is 60.2. The van der Waals surface area contributed by atoms with Gasteiger partial charge in [-0.2, -0.15) is 0 Å². The van der Waals surface area contributed by atoms with E-state index in [0.717, 1.165) is 141 Å². The first-order valence-corrected chi connectivity index (χ1v) is 39.6. The third-order valence-electron chi connectivity index (χ3n) is 17.8. The van der Waals surface area contributed by atoms with Crippen LogP contribution in [0.5, 0.6) is 0 Å². The van der Waals surface area contributed by atoms with Gasteiger partial charge in [0.25, 0.3) is 0 Å². The van der Waals surface area contributed by atoms with E-state index in [1.165, 1.54) is 96.0 Å². The van der Waals surface area contributed by atoms with E-state index in [-0.39, 0.29) is 70.3 Å². The van der Waals surface area contributed by atoms with Crippen molar-refractivity contribution >= 4 is 31.6 Å². The molecule has 0 aliphatic carbocycles. The van der Waals surface area contributed by atoms with Crippen LogP contribution in [-0.4, -0.2) is 157 Å². The summed E-state index contributed by atoms with van der Waals surface area (Å²) in [6.07, 6.45) is 35.3. The lowest BCUT2D eigenvalue weighted by Gasteiger charge is -2.47. The van der Waals surface area contributed by atoms with Crippen LogP contribution in [0.4, 0.5) is 4.79 Å². The first-order valence-electron chi connectivity index (χ1n) is 38.1. The molecule has 97 heavy (non-hydrogen) atoms. The number of phosphoric ester groups is 1. The number of ketones is 1. The molecule has 21 heteroatoms. The summed E-state index contributed by atoms with van der Waals surface area (Å²) in [5.41, 5.74) is 0. The zero-order valence-electron chi connectivity index (χ0n) is 61.4. The van der Waals surface area contributed by atoms with Crippen LogP contribution < -0.4 is 10.6 Å². The molecule has 0 spiro atoms. The Morgan fingerprint density at radius 2 is 0.979 bits per heavy atom. The quantitative estimate of drug-likeness (QED) is 0.0169. The molecule has 2 heterocycles. The van der Waals surface area contributed by atoms with Crippen molar-refractivity contribution in [3.05, 3.63) is 50.1 Å². The monoisotopic (exact) mass is 1400 g/mol. The van der Waals surface area contributed by atoms with E-state index < -0.39 is 94.2 Å². The van der Waals surface area contributed by atoms with Crippen molar-refractivity contribution in [1.82, 2.24) is 10.6 Å².